The van der Waals surface area contributed by atoms with E-state index in [4.69, 9.17) is 0 Å². The number of pyridine rings is 2. The lowest BCUT2D eigenvalue weighted by atomic mass is 10.0. The molecule has 0 atom stereocenters. The molecule has 0 unspecified atom stereocenters. The molecule has 0 saturated heterocycles. The second-order valence-electron chi connectivity index (χ2n) is 7.20. The largest absolute Gasteiger partial charge is 0.346 e. The van der Waals surface area contributed by atoms with Crippen LogP contribution in [0, 0.1) is 6.92 Å². The van der Waals surface area contributed by atoms with Crippen LogP contribution < -0.4 is 5.32 Å². The summed E-state index contributed by atoms with van der Waals surface area (Å²) in [4.78, 5) is 22.6. The van der Waals surface area contributed by atoms with Crippen molar-refractivity contribution in [1.29, 1.82) is 0 Å². The Morgan fingerprint density at radius 2 is 1.71 bits per heavy atom. The molecule has 1 N–H and O–H groups in total. The van der Waals surface area contributed by atoms with E-state index in [9.17, 15) is 4.79 Å². The Morgan fingerprint density at radius 1 is 0.871 bits per heavy atom. The van der Waals surface area contributed by atoms with E-state index in [0.717, 1.165) is 33.0 Å². The summed E-state index contributed by atoms with van der Waals surface area (Å²) in [5.41, 5.74) is 6.78. The molecule has 0 radical (unpaired) electrons. The third kappa shape index (κ3) is 5.01. The molecule has 4 nitrogen and oxygen atoms in total. The number of nitrogens with zero attached hydrogens (tertiary/aromatic N) is 2. The highest BCUT2D eigenvalue weighted by Gasteiger charge is 2.09. The number of benzene rings is 2. The minimum Gasteiger partial charge on any atom is -0.346 e. The topological polar surface area (TPSA) is 54.9 Å². The van der Waals surface area contributed by atoms with Crippen LogP contribution in [0.25, 0.3) is 22.4 Å². The Labute approximate surface area is 186 Å². The standard InChI is InChI=1S/C26H23N3OS/c1-18-9-10-22(16-25(18)31-2)26(30)29-17-23-15-20(11-13-27-23)19-6-5-7-21(14-19)24-8-3-4-12-28-24/h3-16H,17H2,1-2H3,(H,29,30). The number of aromatic nitrogens is 2. The molecule has 0 fully saturated rings. The molecule has 0 bridgehead atoms. The Hall–Kier alpha value is -3.44. The van der Waals surface area contributed by atoms with Gasteiger partial charge in [-0.2, -0.15) is 0 Å². The molecular formula is C26H23N3OS. The lowest BCUT2D eigenvalue weighted by Gasteiger charge is -2.09. The van der Waals surface area contributed by atoms with E-state index < -0.39 is 0 Å². The number of carbonyl (C=O) groups is 1. The van der Waals surface area contributed by atoms with Gasteiger partial charge in [-0.3, -0.25) is 14.8 Å². The molecule has 0 spiro atoms. The van der Waals surface area contributed by atoms with Gasteiger partial charge in [0.1, 0.15) is 0 Å². The molecule has 2 aromatic heterocycles. The average Bonchev–Trinajstić information content (AvgIpc) is 2.83. The molecule has 154 valence electrons. The minimum atomic E-state index is -0.0975. The molecule has 0 aliphatic carbocycles. The van der Waals surface area contributed by atoms with Crippen molar-refractivity contribution in [3.63, 3.8) is 0 Å². The SMILES string of the molecule is CSc1cc(C(=O)NCc2cc(-c3cccc(-c4ccccn4)c3)ccn2)ccc1C. The Bertz CT molecular complexity index is 1210. The average molecular weight is 426 g/mol. The number of hydrogen-bond acceptors (Lipinski definition) is 4. The van der Waals surface area contributed by atoms with E-state index in [0.29, 0.717) is 12.1 Å². The maximum absolute atomic E-state index is 12.6. The smallest absolute Gasteiger partial charge is 0.251 e. The summed E-state index contributed by atoms with van der Waals surface area (Å²) in [5, 5.41) is 2.98. The Kier molecular flexibility index (Phi) is 6.43. The molecule has 0 aliphatic rings. The predicted molar refractivity (Wildman–Crippen MR) is 127 cm³/mol. The van der Waals surface area contributed by atoms with Crippen LogP contribution in [0.4, 0.5) is 0 Å². The maximum atomic E-state index is 12.6. The summed E-state index contributed by atoms with van der Waals surface area (Å²) >= 11 is 1.64. The zero-order chi connectivity index (χ0) is 21.6. The van der Waals surface area contributed by atoms with Gasteiger partial charge in [0.05, 0.1) is 17.9 Å². The number of thioether (sulfide) groups is 1. The monoisotopic (exact) mass is 425 g/mol. The van der Waals surface area contributed by atoms with Crippen LogP contribution in [0.1, 0.15) is 21.6 Å². The molecule has 4 aromatic rings. The van der Waals surface area contributed by atoms with Crippen molar-refractivity contribution < 1.29 is 4.79 Å². The number of nitrogens with one attached hydrogen (secondary N) is 1. The molecule has 31 heavy (non-hydrogen) atoms. The van der Waals surface area contributed by atoms with Gasteiger partial charge in [-0.1, -0.05) is 30.3 Å². The first-order valence-electron chi connectivity index (χ1n) is 10.0. The molecule has 0 saturated carbocycles. The van der Waals surface area contributed by atoms with Gasteiger partial charge in [0.15, 0.2) is 0 Å². The molecule has 0 aliphatic heterocycles. The molecule has 2 heterocycles. The van der Waals surface area contributed by atoms with Gasteiger partial charge < -0.3 is 5.32 Å². The molecule has 5 heteroatoms. The zero-order valence-corrected chi connectivity index (χ0v) is 18.3. The van der Waals surface area contributed by atoms with Crippen molar-refractivity contribution >= 4 is 17.7 Å². The summed E-state index contributed by atoms with van der Waals surface area (Å²) in [7, 11) is 0. The summed E-state index contributed by atoms with van der Waals surface area (Å²) in [6.07, 6.45) is 5.59. The highest BCUT2D eigenvalue weighted by molar-refractivity contribution is 7.98. The number of amides is 1. The first kappa shape index (κ1) is 20.8. The van der Waals surface area contributed by atoms with E-state index in [1.165, 1.54) is 5.56 Å². The normalized spacial score (nSPS) is 10.6. The predicted octanol–water partition coefficient (Wildman–Crippen LogP) is 5.77. The van der Waals surface area contributed by atoms with E-state index in [1.54, 1.807) is 24.2 Å². The van der Waals surface area contributed by atoms with Crippen molar-refractivity contribution in [3.8, 4) is 22.4 Å². The van der Waals surface area contributed by atoms with Crippen molar-refractivity contribution in [2.24, 2.45) is 0 Å². The summed E-state index contributed by atoms with van der Waals surface area (Å²) in [6.45, 7) is 2.42. The second-order valence-corrected chi connectivity index (χ2v) is 8.05. The van der Waals surface area contributed by atoms with Crippen molar-refractivity contribution in [1.82, 2.24) is 15.3 Å². The summed E-state index contributed by atoms with van der Waals surface area (Å²) in [6, 6.07) is 23.9. The van der Waals surface area contributed by atoms with Crippen molar-refractivity contribution in [2.45, 2.75) is 18.4 Å². The zero-order valence-electron chi connectivity index (χ0n) is 17.5. The molecule has 4 rings (SSSR count). The van der Waals surface area contributed by atoms with Crippen molar-refractivity contribution in [3.05, 3.63) is 102 Å². The van der Waals surface area contributed by atoms with E-state index in [-0.39, 0.29) is 5.91 Å². The van der Waals surface area contributed by atoms with Gasteiger partial charge in [0.2, 0.25) is 0 Å². The van der Waals surface area contributed by atoms with Crippen LogP contribution in [0.3, 0.4) is 0 Å². The first-order chi connectivity index (χ1) is 15.1. The number of aryl methyl sites for hydroxylation is 1. The highest BCUT2D eigenvalue weighted by atomic mass is 32.2. The van der Waals surface area contributed by atoms with Crippen LogP contribution in [-0.2, 0) is 6.54 Å². The van der Waals surface area contributed by atoms with Crippen LogP contribution in [0.2, 0.25) is 0 Å². The lowest BCUT2D eigenvalue weighted by Crippen LogP contribution is -2.23. The third-order valence-corrected chi connectivity index (χ3v) is 5.95. The Morgan fingerprint density at radius 3 is 2.52 bits per heavy atom. The highest BCUT2D eigenvalue weighted by Crippen LogP contribution is 2.25. The molecule has 1 amide bonds. The minimum absolute atomic E-state index is 0.0975. The number of rotatable bonds is 6. The van der Waals surface area contributed by atoms with E-state index >= 15 is 0 Å². The fourth-order valence-electron chi connectivity index (χ4n) is 3.38. The van der Waals surface area contributed by atoms with Gasteiger partial charge in [0, 0.05) is 28.4 Å². The lowest BCUT2D eigenvalue weighted by molar-refractivity contribution is 0.0950. The van der Waals surface area contributed by atoms with Gasteiger partial charge in [0.25, 0.3) is 5.91 Å². The first-order valence-corrected chi connectivity index (χ1v) is 11.3. The van der Waals surface area contributed by atoms with E-state index in [2.05, 4.69) is 33.5 Å². The van der Waals surface area contributed by atoms with E-state index in [1.807, 2.05) is 67.8 Å². The summed E-state index contributed by atoms with van der Waals surface area (Å²) < 4.78 is 0. The Balaban J connectivity index is 1.50. The second kappa shape index (κ2) is 9.58. The summed E-state index contributed by atoms with van der Waals surface area (Å²) in [5.74, 6) is -0.0975. The molecule has 2 aromatic carbocycles. The fraction of sp³-hybridized carbons (Fsp3) is 0.115. The van der Waals surface area contributed by atoms with Gasteiger partial charge in [-0.25, -0.2) is 0 Å². The van der Waals surface area contributed by atoms with Crippen LogP contribution >= 0.6 is 11.8 Å². The van der Waals surface area contributed by atoms with Crippen LogP contribution in [0.15, 0.2) is 90.1 Å². The number of carbonyl (C=O) groups excluding carboxylic acids is 1. The van der Waals surface area contributed by atoms with Crippen molar-refractivity contribution in [2.75, 3.05) is 6.26 Å². The van der Waals surface area contributed by atoms with Crippen LogP contribution in [-0.4, -0.2) is 22.1 Å². The number of hydrogen-bond donors (Lipinski definition) is 1. The van der Waals surface area contributed by atoms with Crippen LogP contribution in [0.5, 0.6) is 0 Å². The quantitative estimate of drug-likeness (QED) is 0.398. The molecular weight excluding hydrogens is 402 g/mol. The van der Waals surface area contributed by atoms with Gasteiger partial charge >= 0.3 is 0 Å². The third-order valence-electron chi connectivity index (χ3n) is 5.07. The van der Waals surface area contributed by atoms with Gasteiger partial charge in [-0.05, 0) is 72.3 Å². The fourth-order valence-corrected chi connectivity index (χ4v) is 4.02. The van der Waals surface area contributed by atoms with Gasteiger partial charge in [-0.15, -0.1) is 11.8 Å². The maximum Gasteiger partial charge on any atom is 0.251 e.